The van der Waals surface area contributed by atoms with E-state index in [1.165, 1.54) is 12.1 Å². The summed E-state index contributed by atoms with van der Waals surface area (Å²) >= 11 is 8.82. The Morgan fingerprint density at radius 2 is 2.06 bits per heavy atom. The molecular formula is C10H11BrClNO3S. The molecule has 0 bridgehead atoms. The van der Waals surface area contributed by atoms with E-state index in [1.807, 2.05) is 0 Å². The van der Waals surface area contributed by atoms with E-state index in [2.05, 4.69) is 16.1 Å². The van der Waals surface area contributed by atoms with E-state index >= 15 is 0 Å². The Kier molecular flexibility index (Phi) is 3.80. The summed E-state index contributed by atoms with van der Waals surface area (Å²) in [7, 11) is -3.59. The summed E-state index contributed by atoms with van der Waals surface area (Å²) in [5.41, 5.74) is 0. The highest BCUT2D eigenvalue weighted by Crippen LogP contribution is 2.33. The van der Waals surface area contributed by atoms with Gasteiger partial charge in [0.2, 0.25) is 0 Å². The van der Waals surface area contributed by atoms with Gasteiger partial charge in [-0.05, 0) is 31.0 Å². The number of halogens is 2. The normalized spacial score (nSPS) is 24.7. The van der Waals surface area contributed by atoms with Crippen LogP contribution in [-0.4, -0.2) is 29.0 Å². The van der Waals surface area contributed by atoms with Gasteiger partial charge < -0.3 is 5.11 Å². The molecule has 0 heterocycles. The Hall–Kier alpha value is -0.140. The molecule has 1 aromatic rings. The van der Waals surface area contributed by atoms with E-state index in [1.54, 1.807) is 12.1 Å². The third kappa shape index (κ3) is 2.66. The third-order valence-corrected chi connectivity index (χ3v) is 6.26. The molecule has 2 rings (SSSR count). The first-order valence-corrected chi connectivity index (χ1v) is 7.58. The minimum Gasteiger partial charge on any atom is -0.393 e. The van der Waals surface area contributed by atoms with Gasteiger partial charge in [0.15, 0.2) is 0 Å². The zero-order valence-corrected chi connectivity index (χ0v) is 11.9. The molecule has 0 saturated heterocycles. The van der Waals surface area contributed by atoms with Crippen LogP contribution < -0.4 is 0 Å². The van der Waals surface area contributed by atoms with E-state index in [-0.39, 0.29) is 10.9 Å². The second-order valence-electron chi connectivity index (χ2n) is 3.98. The first-order chi connectivity index (χ1) is 7.91. The highest BCUT2D eigenvalue weighted by atomic mass is 79.9. The van der Waals surface area contributed by atoms with Crippen molar-refractivity contribution >= 4 is 37.8 Å². The molecule has 0 aliphatic heterocycles. The molecule has 1 fully saturated rings. The molecule has 0 radical (unpaired) electrons. The van der Waals surface area contributed by atoms with Crippen LogP contribution in [0.15, 0.2) is 29.2 Å². The van der Waals surface area contributed by atoms with Gasteiger partial charge >= 0.3 is 0 Å². The van der Waals surface area contributed by atoms with E-state index in [9.17, 15) is 13.5 Å². The smallest absolute Gasteiger partial charge is 0.252 e. The number of hydrogen-bond donors (Lipinski definition) is 1. The molecule has 0 atom stereocenters. The molecule has 1 aliphatic carbocycles. The van der Waals surface area contributed by atoms with Gasteiger partial charge in [0, 0.05) is 27.2 Å². The second kappa shape index (κ2) is 4.85. The van der Waals surface area contributed by atoms with Crippen molar-refractivity contribution in [1.29, 1.82) is 0 Å². The highest BCUT2D eigenvalue weighted by molar-refractivity contribution is 9.08. The molecule has 4 nitrogen and oxygen atoms in total. The SMILES string of the molecule is O=S(=O)(c1cccc(Cl)c1)N(Br)C1CC(O)C1. The van der Waals surface area contributed by atoms with Crippen LogP contribution in [0.4, 0.5) is 0 Å². The zero-order chi connectivity index (χ0) is 12.6. The van der Waals surface area contributed by atoms with Crippen LogP contribution >= 0.6 is 27.7 Å². The van der Waals surface area contributed by atoms with E-state index < -0.39 is 16.1 Å². The van der Waals surface area contributed by atoms with Gasteiger partial charge in [-0.3, -0.25) is 0 Å². The van der Waals surface area contributed by atoms with Crippen molar-refractivity contribution in [3.8, 4) is 0 Å². The Morgan fingerprint density at radius 1 is 1.41 bits per heavy atom. The summed E-state index contributed by atoms with van der Waals surface area (Å²) in [5, 5.41) is 9.56. The fourth-order valence-corrected chi connectivity index (χ4v) is 4.03. The predicted octanol–water partition coefficient (Wildman–Crippen LogP) is 2.16. The fraction of sp³-hybridized carbons (Fsp3) is 0.400. The summed E-state index contributed by atoms with van der Waals surface area (Å²) in [6.07, 6.45) is 0.491. The minimum absolute atomic E-state index is 0.142. The lowest BCUT2D eigenvalue weighted by atomic mass is 9.91. The molecule has 1 N–H and O–H groups in total. The standard InChI is InChI=1S/C10H11BrClNO3S/c11-13(8-5-9(14)6-8)17(15,16)10-3-1-2-7(12)4-10/h1-4,8-9,14H,5-6H2. The maximum absolute atomic E-state index is 12.2. The Labute approximate surface area is 114 Å². The van der Waals surface area contributed by atoms with E-state index in [0.29, 0.717) is 17.9 Å². The zero-order valence-electron chi connectivity index (χ0n) is 8.75. The molecule has 94 valence electrons. The van der Waals surface area contributed by atoms with Crippen molar-refractivity contribution in [3.05, 3.63) is 29.3 Å². The van der Waals surface area contributed by atoms with Gasteiger partial charge in [-0.2, -0.15) is 0 Å². The highest BCUT2D eigenvalue weighted by Gasteiger charge is 2.38. The number of rotatable bonds is 3. The van der Waals surface area contributed by atoms with Gasteiger partial charge in [-0.25, -0.2) is 8.42 Å². The van der Waals surface area contributed by atoms with Crippen molar-refractivity contribution in [3.63, 3.8) is 0 Å². The monoisotopic (exact) mass is 339 g/mol. The van der Waals surface area contributed by atoms with Gasteiger partial charge in [0.05, 0.1) is 11.0 Å². The van der Waals surface area contributed by atoms with Gasteiger partial charge in [0.1, 0.15) is 0 Å². The Morgan fingerprint density at radius 3 is 2.59 bits per heavy atom. The Balaban J connectivity index is 2.24. The van der Waals surface area contributed by atoms with Gasteiger partial charge in [0.25, 0.3) is 10.0 Å². The second-order valence-corrected chi connectivity index (χ2v) is 7.47. The number of benzene rings is 1. The summed E-state index contributed by atoms with van der Waals surface area (Å²) in [6.45, 7) is 0. The third-order valence-electron chi connectivity index (χ3n) is 2.70. The first-order valence-electron chi connectivity index (χ1n) is 5.05. The summed E-state index contributed by atoms with van der Waals surface area (Å²) < 4.78 is 25.5. The summed E-state index contributed by atoms with van der Waals surface area (Å²) in [5.74, 6) is 0. The maximum Gasteiger partial charge on any atom is 0.252 e. The lowest BCUT2D eigenvalue weighted by molar-refractivity contribution is 0.0555. The van der Waals surface area contributed by atoms with Crippen molar-refractivity contribution in [2.24, 2.45) is 0 Å². The van der Waals surface area contributed by atoms with Crippen molar-refractivity contribution in [2.45, 2.75) is 29.9 Å². The molecule has 1 saturated carbocycles. The van der Waals surface area contributed by atoms with Crippen LogP contribution in [0.25, 0.3) is 0 Å². The van der Waals surface area contributed by atoms with Crippen LogP contribution in [0.2, 0.25) is 5.02 Å². The fourth-order valence-electron chi connectivity index (χ4n) is 1.65. The number of aliphatic hydroxyl groups excluding tert-OH is 1. The molecule has 0 aromatic heterocycles. The Bertz CT molecular complexity index is 516. The quantitative estimate of drug-likeness (QED) is 0.858. The average Bonchev–Trinajstić information content (AvgIpc) is 2.24. The van der Waals surface area contributed by atoms with Crippen LogP contribution in [-0.2, 0) is 10.0 Å². The number of nitrogens with zero attached hydrogens (tertiary/aromatic N) is 1. The number of sulfonamides is 1. The molecular weight excluding hydrogens is 330 g/mol. The van der Waals surface area contributed by atoms with Crippen LogP contribution in [0.3, 0.4) is 0 Å². The molecule has 7 heteroatoms. The summed E-state index contributed by atoms with van der Waals surface area (Å²) in [6, 6.07) is 5.90. The first kappa shape index (κ1) is 13.3. The molecule has 1 aliphatic rings. The average molecular weight is 341 g/mol. The predicted molar refractivity (Wildman–Crippen MR) is 68.4 cm³/mol. The minimum atomic E-state index is -3.59. The number of hydrogen-bond acceptors (Lipinski definition) is 3. The maximum atomic E-state index is 12.2. The van der Waals surface area contributed by atoms with E-state index in [4.69, 9.17) is 11.6 Å². The van der Waals surface area contributed by atoms with Crippen molar-refractivity contribution in [1.82, 2.24) is 3.33 Å². The largest absolute Gasteiger partial charge is 0.393 e. The van der Waals surface area contributed by atoms with Gasteiger partial charge in [-0.1, -0.05) is 17.7 Å². The van der Waals surface area contributed by atoms with Gasteiger partial charge in [-0.15, -0.1) is 3.33 Å². The van der Waals surface area contributed by atoms with Crippen molar-refractivity contribution in [2.75, 3.05) is 0 Å². The topological polar surface area (TPSA) is 57.6 Å². The van der Waals surface area contributed by atoms with Crippen LogP contribution in [0.1, 0.15) is 12.8 Å². The van der Waals surface area contributed by atoms with E-state index in [0.717, 1.165) is 3.33 Å². The van der Waals surface area contributed by atoms with Crippen molar-refractivity contribution < 1.29 is 13.5 Å². The molecule has 17 heavy (non-hydrogen) atoms. The summed E-state index contributed by atoms with van der Waals surface area (Å²) in [4.78, 5) is 0.142. The lowest BCUT2D eigenvalue weighted by Crippen LogP contribution is -2.44. The lowest BCUT2D eigenvalue weighted by Gasteiger charge is -2.35. The van der Waals surface area contributed by atoms with Crippen LogP contribution in [0.5, 0.6) is 0 Å². The number of aliphatic hydroxyl groups is 1. The molecule has 0 spiro atoms. The molecule has 0 unspecified atom stereocenters. The molecule has 1 aromatic carbocycles. The van der Waals surface area contributed by atoms with Crippen LogP contribution in [0, 0.1) is 0 Å². The molecule has 0 amide bonds.